The van der Waals surface area contributed by atoms with Crippen molar-refractivity contribution in [2.24, 2.45) is 7.05 Å². The lowest BCUT2D eigenvalue weighted by molar-refractivity contribution is 0.111. The minimum Gasteiger partial charge on any atom is -0.497 e. The first-order valence-electron chi connectivity index (χ1n) is 8.29. The fourth-order valence-electron chi connectivity index (χ4n) is 2.98. The molecule has 0 saturated carbocycles. The van der Waals surface area contributed by atoms with Crippen LogP contribution in [-0.4, -0.2) is 64.0 Å². The molecular weight excluding hydrogens is 334 g/mol. The number of piperazine rings is 1. The molecule has 2 aromatic rings. The normalized spacial score (nSPS) is 15.9. The number of ether oxygens (including phenoxy) is 1. The Morgan fingerprint density at radius 3 is 2.40 bits per heavy atom. The van der Waals surface area contributed by atoms with Gasteiger partial charge in [-0.05, 0) is 36.5 Å². The first-order valence-corrected chi connectivity index (χ1v) is 8.69. The van der Waals surface area contributed by atoms with Crippen LogP contribution < -0.4 is 4.74 Å². The van der Waals surface area contributed by atoms with Crippen LogP contribution in [0.3, 0.4) is 0 Å². The Morgan fingerprint density at radius 1 is 1.16 bits per heavy atom. The molecule has 1 aromatic heterocycles. The number of benzene rings is 1. The van der Waals surface area contributed by atoms with E-state index in [9.17, 15) is 0 Å². The zero-order chi connectivity index (χ0) is 17.8. The van der Waals surface area contributed by atoms with Gasteiger partial charge in [0.1, 0.15) is 5.75 Å². The lowest BCUT2D eigenvalue weighted by Gasteiger charge is -2.33. The molecule has 0 atom stereocenters. The third-order valence-corrected chi connectivity index (χ3v) is 4.99. The van der Waals surface area contributed by atoms with Gasteiger partial charge in [-0.1, -0.05) is 5.92 Å². The van der Waals surface area contributed by atoms with Crippen molar-refractivity contribution in [3.05, 3.63) is 29.0 Å². The van der Waals surface area contributed by atoms with E-state index in [1.165, 1.54) is 0 Å². The molecule has 1 fully saturated rings. The van der Waals surface area contributed by atoms with E-state index in [1.807, 2.05) is 40.6 Å². The average Bonchev–Trinajstić information content (AvgIpc) is 2.92. The Kier molecular flexibility index (Phi) is 5.53. The summed E-state index contributed by atoms with van der Waals surface area (Å²) in [7, 11) is 3.62. The van der Waals surface area contributed by atoms with Crippen molar-refractivity contribution in [2.45, 2.75) is 6.67 Å². The predicted octanol–water partition coefficient (Wildman–Crippen LogP) is 1.83. The van der Waals surface area contributed by atoms with Crippen molar-refractivity contribution in [3.8, 4) is 29.5 Å². The van der Waals surface area contributed by atoms with Gasteiger partial charge in [-0.2, -0.15) is 5.10 Å². The SMILES string of the molecule is C#CCN1CCN(Cn2nc(-c3ccc(OC)cc3)n(C)c2=S)CC1. The Labute approximate surface area is 153 Å². The Morgan fingerprint density at radius 2 is 1.80 bits per heavy atom. The summed E-state index contributed by atoms with van der Waals surface area (Å²) in [4.78, 5) is 4.64. The topological polar surface area (TPSA) is 38.5 Å². The molecule has 0 N–H and O–H groups in total. The van der Waals surface area contributed by atoms with Crippen molar-refractivity contribution in [1.29, 1.82) is 0 Å². The van der Waals surface area contributed by atoms with Crippen LogP contribution in [0.15, 0.2) is 24.3 Å². The number of hydrogen-bond acceptors (Lipinski definition) is 5. The van der Waals surface area contributed by atoms with Gasteiger partial charge >= 0.3 is 0 Å². The van der Waals surface area contributed by atoms with E-state index in [2.05, 4.69) is 15.7 Å². The largest absolute Gasteiger partial charge is 0.497 e. The van der Waals surface area contributed by atoms with Gasteiger partial charge in [-0.15, -0.1) is 6.42 Å². The van der Waals surface area contributed by atoms with Crippen molar-refractivity contribution < 1.29 is 4.74 Å². The summed E-state index contributed by atoms with van der Waals surface area (Å²) in [6, 6.07) is 7.86. The monoisotopic (exact) mass is 357 g/mol. The van der Waals surface area contributed by atoms with Crippen molar-refractivity contribution in [3.63, 3.8) is 0 Å². The zero-order valence-corrected chi connectivity index (χ0v) is 15.5. The number of terminal acetylenes is 1. The molecule has 0 amide bonds. The number of nitrogens with zero attached hydrogens (tertiary/aromatic N) is 5. The summed E-state index contributed by atoms with van der Waals surface area (Å²) in [5, 5.41) is 4.73. The maximum Gasteiger partial charge on any atom is 0.199 e. The molecule has 2 heterocycles. The van der Waals surface area contributed by atoms with Gasteiger partial charge in [0, 0.05) is 38.8 Å². The molecule has 0 radical (unpaired) electrons. The van der Waals surface area contributed by atoms with Gasteiger partial charge < -0.3 is 9.30 Å². The van der Waals surface area contributed by atoms with Gasteiger partial charge in [-0.25, -0.2) is 4.68 Å². The predicted molar refractivity (Wildman–Crippen MR) is 101 cm³/mol. The summed E-state index contributed by atoms with van der Waals surface area (Å²) in [5.41, 5.74) is 1.02. The van der Waals surface area contributed by atoms with E-state index in [0.29, 0.717) is 6.67 Å². The molecule has 1 saturated heterocycles. The van der Waals surface area contributed by atoms with Crippen LogP contribution in [0, 0.1) is 17.1 Å². The van der Waals surface area contributed by atoms with Gasteiger partial charge in [0.25, 0.3) is 0 Å². The highest BCUT2D eigenvalue weighted by Crippen LogP contribution is 2.21. The number of methoxy groups -OCH3 is 1. The van der Waals surface area contributed by atoms with E-state index in [-0.39, 0.29) is 0 Å². The van der Waals surface area contributed by atoms with Gasteiger partial charge in [-0.3, -0.25) is 9.80 Å². The molecule has 25 heavy (non-hydrogen) atoms. The van der Waals surface area contributed by atoms with Crippen LogP contribution in [0.5, 0.6) is 5.75 Å². The highest BCUT2D eigenvalue weighted by Gasteiger charge is 2.18. The molecular formula is C18H23N5OS. The molecule has 1 aliphatic rings. The quantitative estimate of drug-likeness (QED) is 0.603. The third kappa shape index (κ3) is 3.93. The summed E-state index contributed by atoms with van der Waals surface area (Å²) in [6.45, 7) is 5.33. The molecule has 0 aliphatic carbocycles. The second kappa shape index (κ2) is 7.83. The highest BCUT2D eigenvalue weighted by atomic mass is 32.1. The minimum atomic E-state index is 0.701. The fraction of sp³-hybridized carbons (Fsp3) is 0.444. The van der Waals surface area contributed by atoms with E-state index in [1.54, 1.807) is 7.11 Å². The molecule has 7 heteroatoms. The number of rotatable bonds is 5. The Balaban J connectivity index is 1.73. The zero-order valence-electron chi connectivity index (χ0n) is 14.7. The molecule has 132 valence electrons. The average molecular weight is 357 g/mol. The molecule has 1 aromatic carbocycles. The molecule has 0 bridgehead atoms. The van der Waals surface area contributed by atoms with E-state index in [0.717, 1.165) is 54.6 Å². The summed E-state index contributed by atoms with van der Waals surface area (Å²) < 4.78 is 9.78. The Bertz CT molecular complexity index is 809. The number of hydrogen-bond donors (Lipinski definition) is 0. The van der Waals surface area contributed by atoms with Crippen LogP contribution in [0.2, 0.25) is 0 Å². The van der Waals surface area contributed by atoms with Gasteiger partial charge in [0.15, 0.2) is 10.6 Å². The lowest BCUT2D eigenvalue weighted by Crippen LogP contribution is -2.46. The maximum absolute atomic E-state index is 5.57. The third-order valence-electron chi connectivity index (χ3n) is 4.50. The number of aromatic nitrogens is 3. The van der Waals surface area contributed by atoms with E-state index < -0.39 is 0 Å². The minimum absolute atomic E-state index is 0.701. The highest BCUT2D eigenvalue weighted by molar-refractivity contribution is 7.71. The van der Waals surface area contributed by atoms with Gasteiger partial charge in [0.2, 0.25) is 0 Å². The molecule has 0 unspecified atom stereocenters. The van der Waals surface area contributed by atoms with E-state index in [4.69, 9.17) is 28.5 Å². The van der Waals surface area contributed by atoms with Crippen molar-refractivity contribution in [2.75, 3.05) is 39.8 Å². The van der Waals surface area contributed by atoms with E-state index >= 15 is 0 Å². The fourth-order valence-corrected chi connectivity index (χ4v) is 3.16. The molecule has 0 spiro atoms. The van der Waals surface area contributed by atoms with Crippen molar-refractivity contribution in [1.82, 2.24) is 24.1 Å². The van der Waals surface area contributed by atoms with Crippen LogP contribution in [0.4, 0.5) is 0 Å². The summed E-state index contributed by atoms with van der Waals surface area (Å²) in [5.74, 6) is 4.40. The second-order valence-corrected chi connectivity index (χ2v) is 6.50. The first kappa shape index (κ1) is 17.7. The van der Waals surface area contributed by atoms with Crippen LogP contribution in [0.25, 0.3) is 11.4 Å². The molecule has 3 rings (SSSR count). The van der Waals surface area contributed by atoms with Crippen LogP contribution in [-0.2, 0) is 13.7 Å². The smallest absolute Gasteiger partial charge is 0.199 e. The van der Waals surface area contributed by atoms with Gasteiger partial charge in [0.05, 0.1) is 20.3 Å². The standard InChI is InChI=1S/C18H23N5OS/c1-4-9-21-10-12-22(13-11-21)14-23-18(25)20(2)17(19-23)15-5-7-16(24-3)8-6-15/h1,5-8H,9-14H2,2-3H3. The Hall–Kier alpha value is -2.14. The second-order valence-electron chi connectivity index (χ2n) is 6.13. The summed E-state index contributed by atoms with van der Waals surface area (Å²) in [6.07, 6.45) is 5.39. The van der Waals surface area contributed by atoms with Crippen LogP contribution in [0.1, 0.15) is 0 Å². The molecule has 1 aliphatic heterocycles. The maximum atomic E-state index is 5.57. The molecule has 6 nitrogen and oxygen atoms in total. The van der Waals surface area contributed by atoms with Crippen LogP contribution >= 0.6 is 12.2 Å². The summed E-state index contributed by atoms with van der Waals surface area (Å²) >= 11 is 5.57. The van der Waals surface area contributed by atoms with Crippen molar-refractivity contribution >= 4 is 12.2 Å². The first-order chi connectivity index (χ1) is 12.1. The lowest BCUT2D eigenvalue weighted by atomic mass is 10.2.